The molecule has 0 aliphatic carbocycles. The molecule has 18 nitrogen and oxygen atoms in total. The van der Waals surface area contributed by atoms with Crippen LogP contribution in [0.2, 0.25) is 10.0 Å². The number of likely N-dealkylation sites (tertiary alicyclic amines) is 1. The van der Waals surface area contributed by atoms with Gasteiger partial charge >= 0.3 is 0 Å². The molecule has 6 aromatic rings. The third-order valence-corrected chi connectivity index (χ3v) is 15.1. The van der Waals surface area contributed by atoms with E-state index in [0.29, 0.717) is 124 Å². The Morgan fingerprint density at radius 1 is 0.919 bits per heavy atom. The summed E-state index contributed by atoms with van der Waals surface area (Å²) in [5.41, 5.74) is 8.97. The molecule has 6 heterocycles. The standard InChI is InChI=1S/C54H62Cl2N12O6/c1-34(37-8-5-4-6-9-37)26-46(72)65-23-16-54(74,17-24-65)32-67-33-60-52-50(35(67)2)63-64(3)53(52)38-12-10-36(11-13-38)29-57-18-7-19-58-44(70)28-45(71)59-20-25-68-22-15-43(62-68)39-27-41(55)49(56)51-48(39)40-30-66(47(73)31-69)21-14-42(40)61-51/h4-6,8-13,15,22,27,33-34,57,61,69,74H,2,7,14,16-21,23-26,28-32H2,1,3H3,(H,58,70)(H,59,71). The Bertz CT molecular complexity index is 3090. The highest BCUT2D eigenvalue weighted by Crippen LogP contribution is 2.43. The number of piperidine rings is 1. The van der Waals surface area contributed by atoms with Crippen LogP contribution in [0.5, 0.6) is 0 Å². The number of halogens is 2. The van der Waals surface area contributed by atoms with E-state index in [1.807, 2.05) is 57.9 Å². The summed E-state index contributed by atoms with van der Waals surface area (Å²) < 4.78 is 3.50. The zero-order valence-corrected chi connectivity index (χ0v) is 43.2. The van der Waals surface area contributed by atoms with Crippen molar-refractivity contribution >= 4 is 75.5 Å². The van der Waals surface area contributed by atoms with E-state index in [9.17, 15) is 29.4 Å². The van der Waals surface area contributed by atoms with Crippen molar-refractivity contribution in [1.82, 2.24) is 55.2 Å². The molecule has 3 aliphatic rings. The first-order valence-corrected chi connectivity index (χ1v) is 25.8. The predicted molar refractivity (Wildman–Crippen MR) is 285 cm³/mol. The second kappa shape index (κ2) is 22.7. The number of hydrogen-bond acceptors (Lipinski definition) is 11. The quantitative estimate of drug-likeness (QED) is 0.0416. The molecule has 388 valence electrons. The lowest BCUT2D eigenvalue weighted by Gasteiger charge is -2.41. The van der Waals surface area contributed by atoms with Crippen molar-refractivity contribution in [2.45, 2.75) is 76.6 Å². The molecule has 3 aromatic carbocycles. The van der Waals surface area contributed by atoms with Gasteiger partial charge in [0, 0.05) is 99.7 Å². The first-order valence-electron chi connectivity index (χ1n) is 25.1. The lowest BCUT2D eigenvalue weighted by molar-refractivity contribution is -0.136. The molecule has 4 amide bonds. The summed E-state index contributed by atoms with van der Waals surface area (Å²) in [6.07, 6.45) is 5.83. The molecule has 3 aromatic heterocycles. The maximum Gasteiger partial charge on any atom is 0.248 e. The summed E-state index contributed by atoms with van der Waals surface area (Å²) >= 11 is 13.2. The third-order valence-electron chi connectivity index (χ3n) is 14.3. The molecule has 1 unspecified atom stereocenters. The molecule has 0 saturated carbocycles. The number of amides is 4. The fraction of sp³-hybridized carbons (Fsp3) is 0.389. The molecule has 74 heavy (non-hydrogen) atoms. The summed E-state index contributed by atoms with van der Waals surface area (Å²) in [7, 11) is 1.88. The third kappa shape index (κ3) is 11.6. The number of hydrogen-bond donors (Lipinski definition) is 6. The average molecular weight is 1050 g/mol. The van der Waals surface area contributed by atoms with Crippen molar-refractivity contribution in [2.24, 2.45) is 12.0 Å². The second-order valence-corrected chi connectivity index (χ2v) is 20.2. The number of nitrogens with zero attached hydrogens (tertiary/aromatic N) is 8. The lowest BCUT2D eigenvalue weighted by Crippen LogP contribution is -2.51. The number of aromatic amines is 1. The average Bonchev–Trinajstić information content (AvgIpc) is 4.13. The number of aryl methyl sites for hydroxylation is 1. The monoisotopic (exact) mass is 1040 g/mol. The Balaban J connectivity index is 0.674. The summed E-state index contributed by atoms with van der Waals surface area (Å²) in [6.45, 7) is 10.3. The number of H-pyrrole nitrogens is 1. The number of aliphatic hydroxyl groups excluding tert-OH is 1. The van der Waals surface area contributed by atoms with Crippen molar-refractivity contribution in [3.05, 3.63) is 118 Å². The Morgan fingerprint density at radius 2 is 1.66 bits per heavy atom. The highest BCUT2D eigenvalue weighted by Gasteiger charge is 2.38. The van der Waals surface area contributed by atoms with Gasteiger partial charge in [0.2, 0.25) is 23.6 Å². The zero-order chi connectivity index (χ0) is 52.1. The molecule has 1 saturated heterocycles. The van der Waals surface area contributed by atoms with Crippen molar-refractivity contribution < 1.29 is 29.4 Å². The number of aliphatic imine (C=N–C) groups is 1. The first kappa shape index (κ1) is 52.0. The molecule has 9 rings (SSSR count). The minimum absolute atomic E-state index is 0.108. The Labute approximate surface area is 439 Å². The van der Waals surface area contributed by atoms with Gasteiger partial charge in [-0.25, -0.2) is 4.99 Å². The molecular formula is C54H62Cl2N12O6. The van der Waals surface area contributed by atoms with Gasteiger partial charge < -0.3 is 45.8 Å². The molecule has 0 bridgehead atoms. The van der Waals surface area contributed by atoms with Crippen molar-refractivity contribution in [3.8, 4) is 22.5 Å². The van der Waals surface area contributed by atoms with Gasteiger partial charge in [-0.15, -0.1) is 0 Å². The number of aromatic nitrogens is 5. The van der Waals surface area contributed by atoms with Crippen LogP contribution in [-0.2, 0) is 52.3 Å². The summed E-state index contributed by atoms with van der Waals surface area (Å²) in [6, 6.07) is 21.9. The molecule has 1 atom stereocenters. The molecule has 20 heteroatoms. The number of fused-ring (bicyclic) bond motifs is 4. The largest absolute Gasteiger partial charge is 0.388 e. The van der Waals surface area contributed by atoms with Gasteiger partial charge in [-0.1, -0.05) is 91.3 Å². The van der Waals surface area contributed by atoms with E-state index in [-0.39, 0.29) is 36.6 Å². The molecule has 6 N–H and O–H groups in total. The van der Waals surface area contributed by atoms with Crippen LogP contribution in [0.15, 0.2) is 84.5 Å². The Kier molecular flexibility index (Phi) is 16.0. The first-order chi connectivity index (χ1) is 35.7. The second-order valence-electron chi connectivity index (χ2n) is 19.5. The van der Waals surface area contributed by atoms with Crippen LogP contribution in [0.3, 0.4) is 0 Å². The number of benzene rings is 3. The minimum atomic E-state index is -1.01. The number of nitrogens with one attached hydrogen (secondary N) is 4. The fourth-order valence-electron chi connectivity index (χ4n) is 10.1. The summed E-state index contributed by atoms with van der Waals surface area (Å²) in [4.78, 5) is 64.2. The number of carbonyl (C=O) groups is 4. The van der Waals surface area contributed by atoms with Gasteiger partial charge in [-0.2, -0.15) is 10.2 Å². The van der Waals surface area contributed by atoms with Crippen molar-refractivity contribution in [3.63, 3.8) is 0 Å². The van der Waals surface area contributed by atoms with Gasteiger partial charge in [-0.3, -0.25) is 28.5 Å². The summed E-state index contributed by atoms with van der Waals surface area (Å²) in [5.74, 6) is -0.867. The lowest BCUT2D eigenvalue weighted by atomic mass is 9.89. The molecular weight excluding hydrogens is 984 g/mol. The van der Waals surface area contributed by atoms with Crippen LogP contribution in [0.25, 0.3) is 39.1 Å². The number of rotatable bonds is 19. The van der Waals surface area contributed by atoms with Gasteiger partial charge in [0.05, 0.1) is 57.7 Å². The maximum atomic E-state index is 13.1. The van der Waals surface area contributed by atoms with Crippen LogP contribution < -0.4 is 16.0 Å². The Morgan fingerprint density at radius 3 is 2.41 bits per heavy atom. The van der Waals surface area contributed by atoms with Crippen molar-refractivity contribution in [1.29, 1.82) is 0 Å². The van der Waals surface area contributed by atoms with E-state index in [2.05, 4.69) is 58.7 Å². The van der Waals surface area contributed by atoms with Crippen LogP contribution in [0, 0.1) is 0 Å². The van der Waals surface area contributed by atoms with E-state index in [0.717, 1.165) is 50.3 Å². The zero-order valence-electron chi connectivity index (χ0n) is 41.7. The van der Waals surface area contributed by atoms with Gasteiger partial charge in [0.25, 0.3) is 0 Å². The van der Waals surface area contributed by atoms with E-state index >= 15 is 0 Å². The Hall–Kier alpha value is -6.83. The smallest absolute Gasteiger partial charge is 0.248 e. The topological polar surface area (TPSA) is 218 Å². The van der Waals surface area contributed by atoms with Gasteiger partial charge in [-0.05, 0) is 55.0 Å². The minimum Gasteiger partial charge on any atom is -0.388 e. The number of carbonyl (C=O) groups excluding carboxylic acids is 4. The molecule has 3 aliphatic heterocycles. The predicted octanol–water partition coefficient (Wildman–Crippen LogP) is 5.91. The highest BCUT2D eigenvalue weighted by atomic mass is 35.5. The SMILES string of the molecule is C=C1c2nn(C)c(-c3ccc(CNCCCNC(=O)CC(=O)NCCn4ccc(-c5cc(Cl)c(Cl)c6[nH]c7c(c56)CN(C(=O)CO)CC7)n4)cc3)c2N=CN1CC1(O)CCN(C(=O)CC(C)c2ccccc2)CC1. The molecule has 1 fully saturated rings. The van der Waals surface area contributed by atoms with Crippen LogP contribution >= 0.6 is 23.2 Å². The fourth-order valence-corrected chi connectivity index (χ4v) is 10.5. The van der Waals surface area contributed by atoms with E-state index in [4.69, 9.17) is 38.4 Å². The van der Waals surface area contributed by atoms with Crippen LogP contribution in [0.4, 0.5) is 5.69 Å². The van der Waals surface area contributed by atoms with E-state index in [1.54, 1.807) is 28.2 Å². The van der Waals surface area contributed by atoms with Gasteiger partial charge in [0.15, 0.2) is 0 Å². The van der Waals surface area contributed by atoms with Crippen molar-refractivity contribution in [2.75, 3.05) is 52.4 Å². The molecule has 0 spiro atoms. The number of β-amino-alcohol motifs (C(OH)–C–C–N with tert-alkyl or cyclic N) is 1. The maximum absolute atomic E-state index is 13.1. The highest BCUT2D eigenvalue weighted by molar-refractivity contribution is 6.45. The van der Waals surface area contributed by atoms with Crippen LogP contribution in [-0.4, -0.2) is 137 Å². The summed E-state index contributed by atoms with van der Waals surface area (Å²) in [5, 5.41) is 41.2. The van der Waals surface area contributed by atoms with E-state index < -0.39 is 18.1 Å². The number of aliphatic hydroxyl groups is 2. The molecule has 0 radical (unpaired) electrons. The normalized spacial score (nSPS) is 15.5. The van der Waals surface area contributed by atoms with Crippen LogP contribution in [0.1, 0.15) is 73.0 Å². The van der Waals surface area contributed by atoms with E-state index in [1.165, 1.54) is 0 Å². The van der Waals surface area contributed by atoms with Gasteiger partial charge in [0.1, 0.15) is 24.4 Å².